The monoisotopic (exact) mass is 447 g/mol. The Labute approximate surface area is 189 Å². The van der Waals surface area contributed by atoms with Gasteiger partial charge < -0.3 is 10.2 Å². The number of rotatable bonds is 6. The minimum Gasteiger partial charge on any atom is -0.372 e. The van der Waals surface area contributed by atoms with Crippen LogP contribution < -0.4 is 10.2 Å². The molecule has 5 rings (SSSR count). The number of benzene rings is 2. The van der Waals surface area contributed by atoms with Gasteiger partial charge in [0.25, 0.3) is 11.8 Å². The lowest BCUT2D eigenvalue weighted by molar-refractivity contribution is -0.137. The van der Waals surface area contributed by atoms with Gasteiger partial charge >= 0.3 is 0 Å². The highest BCUT2D eigenvalue weighted by atomic mass is 32.1. The van der Waals surface area contributed by atoms with Gasteiger partial charge in [-0.2, -0.15) is 0 Å². The maximum absolute atomic E-state index is 14.2. The summed E-state index contributed by atoms with van der Waals surface area (Å²) in [5.74, 6) is -1.31. The van der Waals surface area contributed by atoms with Crippen LogP contribution in [0.1, 0.15) is 23.3 Å². The van der Waals surface area contributed by atoms with Gasteiger partial charge in [-0.15, -0.1) is 11.3 Å². The van der Waals surface area contributed by atoms with Crippen molar-refractivity contribution in [3.05, 3.63) is 88.0 Å². The molecule has 0 spiro atoms. The van der Waals surface area contributed by atoms with E-state index in [9.17, 15) is 14.0 Å². The van der Waals surface area contributed by atoms with E-state index in [1.54, 1.807) is 18.2 Å². The average Bonchev–Trinajstić information content (AvgIpc) is 3.56. The quantitative estimate of drug-likeness (QED) is 0.548. The Kier molecular flexibility index (Phi) is 5.49. The first-order valence-corrected chi connectivity index (χ1v) is 11.5. The van der Waals surface area contributed by atoms with Crippen molar-refractivity contribution in [3.63, 3.8) is 0 Å². The zero-order valence-electron chi connectivity index (χ0n) is 17.4. The third-order valence-electron chi connectivity index (χ3n) is 5.83. The van der Waals surface area contributed by atoms with Crippen molar-refractivity contribution in [2.24, 2.45) is 0 Å². The second-order valence-corrected chi connectivity index (χ2v) is 8.83. The highest BCUT2D eigenvalue weighted by molar-refractivity contribution is 7.11. The first kappa shape index (κ1) is 20.5. The van der Waals surface area contributed by atoms with Crippen LogP contribution in [0, 0.1) is 5.82 Å². The fraction of sp³-hybridized carbons (Fsp3) is 0.200. The normalized spacial score (nSPS) is 16.4. The van der Waals surface area contributed by atoms with Gasteiger partial charge in [-0.25, -0.2) is 4.39 Å². The van der Waals surface area contributed by atoms with E-state index in [1.807, 2.05) is 41.8 Å². The highest BCUT2D eigenvalue weighted by Gasteiger charge is 2.40. The van der Waals surface area contributed by atoms with Crippen LogP contribution in [0.5, 0.6) is 0 Å². The summed E-state index contributed by atoms with van der Waals surface area (Å²) in [5, 5.41) is 5.03. The molecule has 0 atom stereocenters. The van der Waals surface area contributed by atoms with E-state index in [1.165, 1.54) is 30.2 Å². The number of nitrogens with zero attached hydrogens (tertiary/aromatic N) is 2. The van der Waals surface area contributed by atoms with Crippen LogP contribution >= 0.6 is 11.3 Å². The van der Waals surface area contributed by atoms with Crippen molar-refractivity contribution in [2.75, 3.05) is 23.3 Å². The summed E-state index contributed by atoms with van der Waals surface area (Å²) < 4.78 is 14.2. The van der Waals surface area contributed by atoms with E-state index in [0.717, 1.165) is 29.4 Å². The number of hydrogen-bond donors (Lipinski definition) is 1. The van der Waals surface area contributed by atoms with Gasteiger partial charge in [0.1, 0.15) is 11.5 Å². The predicted molar refractivity (Wildman–Crippen MR) is 125 cm³/mol. The molecule has 3 heterocycles. The molecule has 2 aliphatic rings. The standard InChI is InChI=1S/C25H22FN3O2S/c26-20-7-2-1-6-17(20)16-29-24(30)22(21-8-5-15-32-21)23(25(29)31)27-18-9-11-19(12-10-18)28-13-3-4-14-28/h1-2,5-12,15,27H,3-4,13-14,16H2. The van der Waals surface area contributed by atoms with Gasteiger partial charge in [0.05, 0.1) is 12.1 Å². The van der Waals surface area contributed by atoms with Crippen molar-refractivity contribution >= 4 is 40.1 Å². The molecule has 32 heavy (non-hydrogen) atoms. The third-order valence-corrected chi connectivity index (χ3v) is 6.72. The van der Waals surface area contributed by atoms with Crippen molar-refractivity contribution in [1.82, 2.24) is 4.90 Å². The summed E-state index contributed by atoms with van der Waals surface area (Å²) in [7, 11) is 0. The topological polar surface area (TPSA) is 52.7 Å². The Balaban J connectivity index is 1.44. The molecule has 0 radical (unpaired) electrons. The van der Waals surface area contributed by atoms with E-state index in [4.69, 9.17) is 0 Å². The second kappa shape index (κ2) is 8.59. The van der Waals surface area contributed by atoms with Crippen LogP contribution in [-0.2, 0) is 16.1 Å². The Morgan fingerprint density at radius 3 is 2.34 bits per heavy atom. The number of amides is 2. The summed E-state index contributed by atoms with van der Waals surface area (Å²) in [6.45, 7) is 2.00. The fourth-order valence-corrected chi connectivity index (χ4v) is 4.93. The maximum atomic E-state index is 14.2. The Morgan fingerprint density at radius 2 is 1.66 bits per heavy atom. The first-order chi connectivity index (χ1) is 15.6. The zero-order valence-corrected chi connectivity index (χ0v) is 18.2. The van der Waals surface area contributed by atoms with Crippen molar-refractivity contribution in [2.45, 2.75) is 19.4 Å². The molecular weight excluding hydrogens is 425 g/mol. The Morgan fingerprint density at radius 1 is 0.906 bits per heavy atom. The smallest absolute Gasteiger partial charge is 0.278 e. The van der Waals surface area contributed by atoms with Gasteiger partial charge in [-0.05, 0) is 54.6 Å². The number of hydrogen-bond acceptors (Lipinski definition) is 5. The number of halogens is 1. The molecule has 5 nitrogen and oxygen atoms in total. The molecule has 1 N–H and O–H groups in total. The largest absolute Gasteiger partial charge is 0.372 e. The van der Waals surface area contributed by atoms with Crippen LogP contribution in [-0.4, -0.2) is 29.8 Å². The molecule has 0 unspecified atom stereocenters. The number of thiophene rings is 1. The van der Waals surface area contributed by atoms with E-state index < -0.39 is 17.6 Å². The lowest BCUT2D eigenvalue weighted by Gasteiger charge is -2.18. The van der Waals surface area contributed by atoms with Gasteiger partial charge in [-0.1, -0.05) is 24.3 Å². The van der Waals surface area contributed by atoms with Crippen LogP contribution in [0.15, 0.2) is 71.7 Å². The van der Waals surface area contributed by atoms with Gasteiger partial charge in [0.2, 0.25) is 0 Å². The van der Waals surface area contributed by atoms with Crippen LogP contribution in [0.3, 0.4) is 0 Å². The van der Waals surface area contributed by atoms with Crippen LogP contribution in [0.4, 0.5) is 15.8 Å². The molecule has 0 bridgehead atoms. The van der Waals surface area contributed by atoms with Crippen molar-refractivity contribution in [1.29, 1.82) is 0 Å². The summed E-state index contributed by atoms with van der Waals surface area (Å²) >= 11 is 1.39. The average molecular weight is 448 g/mol. The molecule has 3 aromatic rings. The number of anilines is 2. The number of carbonyl (C=O) groups is 2. The molecule has 1 aromatic heterocycles. The highest BCUT2D eigenvalue weighted by Crippen LogP contribution is 2.34. The number of imide groups is 1. The Hall–Kier alpha value is -3.45. The van der Waals surface area contributed by atoms with Gasteiger partial charge in [0, 0.05) is 34.9 Å². The third kappa shape index (κ3) is 3.80. The Bertz CT molecular complexity index is 1180. The first-order valence-electron chi connectivity index (χ1n) is 10.6. The molecule has 1 saturated heterocycles. The summed E-state index contributed by atoms with van der Waals surface area (Å²) in [6, 6.07) is 17.7. The fourth-order valence-electron chi connectivity index (χ4n) is 4.16. The van der Waals surface area contributed by atoms with E-state index in [0.29, 0.717) is 16.0 Å². The molecule has 0 saturated carbocycles. The second-order valence-electron chi connectivity index (χ2n) is 7.88. The lowest BCUT2D eigenvalue weighted by Crippen LogP contribution is -2.32. The van der Waals surface area contributed by atoms with Crippen molar-refractivity contribution in [3.8, 4) is 0 Å². The number of nitrogens with one attached hydrogen (secondary N) is 1. The summed E-state index contributed by atoms with van der Waals surface area (Å²) in [5.41, 5.74) is 2.73. The summed E-state index contributed by atoms with van der Waals surface area (Å²) in [6.07, 6.45) is 2.40. The minimum absolute atomic E-state index is 0.113. The number of carbonyl (C=O) groups excluding carboxylic acids is 2. The molecule has 7 heteroatoms. The molecule has 162 valence electrons. The molecule has 1 fully saturated rings. The van der Waals surface area contributed by atoms with E-state index >= 15 is 0 Å². The van der Waals surface area contributed by atoms with Crippen molar-refractivity contribution < 1.29 is 14.0 Å². The maximum Gasteiger partial charge on any atom is 0.278 e. The van der Waals surface area contributed by atoms with E-state index in [2.05, 4.69) is 10.2 Å². The lowest BCUT2D eigenvalue weighted by atomic mass is 10.1. The molecular formula is C25H22FN3O2S. The SMILES string of the molecule is O=C1C(Nc2ccc(N3CCCC3)cc2)=C(c2cccs2)C(=O)N1Cc1ccccc1F. The van der Waals surface area contributed by atoms with E-state index in [-0.39, 0.29) is 12.2 Å². The molecule has 0 aliphatic carbocycles. The zero-order chi connectivity index (χ0) is 22.1. The molecule has 2 amide bonds. The predicted octanol–water partition coefficient (Wildman–Crippen LogP) is 4.88. The summed E-state index contributed by atoms with van der Waals surface area (Å²) in [4.78, 5) is 30.7. The van der Waals surface area contributed by atoms with Crippen LogP contribution in [0.25, 0.3) is 5.57 Å². The molecule has 2 aliphatic heterocycles. The van der Waals surface area contributed by atoms with Gasteiger partial charge in [0.15, 0.2) is 0 Å². The van der Waals surface area contributed by atoms with Crippen LogP contribution in [0.2, 0.25) is 0 Å². The molecule has 2 aromatic carbocycles. The minimum atomic E-state index is -0.453. The van der Waals surface area contributed by atoms with Gasteiger partial charge in [-0.3, -0.25) is 14.5 Å².